The van der Waals surface area contributed by atoms with Gasteiger partial charge < -0.3 is 21.5 Å². The molecule has 3 aromatic rings. The normalized spacial score (nSPS) is 16.0. The molecule has 4 rings (SSSR count). The average molecular weight is 449 g/mol. The second-order valence-electron chi connectivity index (χ2n) is 8.70. The molecule has 5 N–H and O–H groups in total. The number of aromatic hydroxyl groups is 1. The summed E-state index contributed by atoms with van der Waals surface area (Å²) in [6, 6.07) is 3.38. The summed E-state index contributed by atoms with van der Waals surface area (Å²) in [5, 5.41) is 10.3. The summed E-state index contributed by atoms with van der Waals surface area (Å²) in [4.78, 5) is 35.6. The lowest BCUT2D eigenvalue weighted by atomic mass is 9.87. The molecule has 0 spiro atoms. The van der Waals surface area contributed by atoms with Crippen molar-refractivity contribution in [1.82, 2.24) is 19.4 Å². The number of anilines is 1. The Labute approximate surface area is 191 Å². The summed E-state index contributed by atoms with van der Waals surface area (Å²) < 4.78 is 1.62. The fourth-order valence-corrected chi connectivity index (χ4v) is 4.51. The molecule has 9 heteroatoms. The van der Waals surface area contributed by atoms with Gasteiger partial charge >= 0.3 is 0 Å². The lowest BCUT2D eigenvalue weighted by Crippen LogP contribution is -2.30. The number of phenols is 1. The van der Waals surface area contributed by atoms with Gasteiger partial charge in [0.25, 0.3) is 5.91 Å². The van der Waals surface area contributed by atoms with Gasteiger partial charge in [0.1, 0.15) is 22.6 Å². The van der Waals surface area contributed by atoms with Gasteiger partial charge in [-0.2, -0.15) is 0 Å². The minimum absolute atomic E-state index is 0.0462. The van der Waals surface area contributed by atoms with Crippen LogP contribution in [0.2, 0.25) is 0 Å². The van der Waals surface area contributed by atoms with E-state index in [9.17, 15) is 14.7 Å². The lowest BCUT2D eigenvalue weighted by molar-refractivity contribution is -0.133. The lowest BCUT2D eigenvalue weighted by Gasteiger charge is -2.23. The summed E-state index contributed by atoms with van der Waals surface area (Å²) in [6.07, 6.45) is 5.68. The third kappa shape index (κ3) is 3.69. The van der Waals surface area contributed by atoms with Crippen LogP contribution in [-0.2, 0) is 4.79 Å². The van der Waals surface area contributed by atoms with E-state index in [4.69, 9.17) is 16.5 Å². The smallest absolute Gasteiger partial charge is 0.254 e. The van der Waals surface area contributed by atoms with Crippen molar-refractivity contribution in [3.05, 3.63) is 46.8 Å². The van der Waals surface area contributed by atoms with Crippen molar-refractivity contribution in [2.24, 2.45) is 11.7 Å². The van der Waals surface area contributed by atoms with Gasteiger partial charge in [0, 0.05) is 25.6 Å². The fourth-order valence-electron chi connectivity index (χ4n) is 4.51. The number of aromatic nitrogens is 3. The number of carbonyl (C=O) groups is 2. The molecule has 1 aliphatic carbocycles. The molecule has 2 aromatic heterocycles. The highest BCUT2D eigenvalue weighted by molar-refractivity contribution is 6.09. The van der Waals surface area contributed by atoms with E-state index < -0.39 is 5.91 Å². The van der Waals surface area contributed by atoms with Crippen molar-refractivity contribution in [2.75, 3.05) is 19.8 Å². The van der Waals surface area contributed by atoms with E-state index in [1.54, 1.807) is 48.8 Å². The monoisotopic (exact) mass is 448 g/mol. The molecule has 1 aromatic carbocycles. The Bertz CT molecular complexity index is 1320. The van der Waals surface area contributed by atoms with E-state index in [1.165, 1.54) is 0 Å². The van der Waals surface area contributed by atoms with E-state index in [-0.39, 0.29) is 29.0 Å². The summed E-state index contributed by atoms with van der Waals surface area (Å²) in [7, 11) is 3.52. The Balaban J connectivity index is 1.85. The van der Waals surface area contributed by atoms with Gasteiger partial charge in [0.05, 0.1) is 17.6 Å². The van der Waals surface area contributed by atoms with Crippen LogP contribution in [0.25, 0.3) is 22.4 Å². The molecule has 0 saturated heterocycles. The molecule has 2 amide bonds. The molecular formula is C24H28N6O3. The van der Waals surface area contributed by atoms with Gasteiger partial charge in [-0.15, -0.1) is 0 Å². The molecule has 172 valence electrons. The van der Waals surface area contributed by atoms with Crippen LogP contribution < -0.4 is 11.5 Å². The number of benzene rings is 1. The van der Waals surface area contributed by atoms with Gasteiger partial charge in [-0.1, -0.05) is 12.1 Å². The summed E-state index contributed by atoms with van der Waals surface area (Å²) in [6.45, 7) is 3.66. The number of rotatable bonds is 4. The first-order valence-electron chi connectivity index (χ1n) is 10.8. The molecule has 2 heterocycles. The first-order valence-corrected chi connectivity index (χ1v) is 10.8. The number of fused-ring (bicyclic) bond motifs is 1. The number of carbonyl (C=O) groups excluding carboxylic acids is 2. The Kier molecular flexibility index (Phi) is 5.57. The van der Waals surface area contributed by atoms with E-state index >= 15 is 0 Å². The van der Waals surface area contributed by atoms with Crippen LogP contribution >= 0.6 is 0 Å². The molecule has 1 unspecified atom stereocenters. The molecule has 9 nitrogen and oxygen atoms in total. The van der Waals surface area contributed by atoms with E-state index in [0.29, 0.717) is 41.0 Å². The third-order valence-corrected chi connectivity index (χ3v) is 6.30. The number of hydrogen-bond donors (Lipinski definition) is 3. The SMILES string of the molecule is Cc1ccc(O)c(C)c1-n1c(N)c(C(N)=O)c2nc(C3=CCC(C(=O)N(C)C)CC3)cnc21. The molecule has 33 heavy (non-hydrogen) atoms. The zero-order chi connectivity index (χ0) is 24.0. The molecule has 1 atom stereocenters. The van der Waals surface area contributed by atoms with Crippen LogP contribution in [0.3, 0.4) is 0 Å². The highest BCUT2D eigenvalue weighted by Crippen LogP contribution is 2.36. The first kappa shape index (κ1) is 22.3. The predicted molar refractivity (Wildman–Crippen MR) is 127 cm³/mol. The van der Waals surface area contributed by atoms with Crippen LogP contribution in [0.15, 0.2) is 24.4 Å². The summed E-state index contributed by atoms with van der Waals surface area (Å²) in [5.41, 5.74) is 16.5. The van der Waals surface area contributed by atoms with Crippen molar-refractivity contribution in [3.63, 3.8) is 0 Å². The number of nitrogens with zero attached hydrogens (tertiary/aromatic N) is 4. The Morgan fingerprint density at radius 2 is 1.97 bits per heavy atom. The number of nitrogens with two attached hydrogens (primary N) is 2. The fraction of sp³-hybridized carbons (Fsp3) is 0.333. The molecule has 0 aliphatic heterocycles. The number of primary amides is 1. The van der Waals surface area contributed by atoms with Crippen molar-refractivity contribution in [1.29, 1.82) is 0 Å². The van der Waals surface area contributed by atoms with Gasteiger partial charge in [-0.05, 0) is 50.3 Å². The number of amides is 2. The number of allylic oxidation sites excluding steroid dienone is 2. The van der Waals surface area contributed by atoms with Crippen LogP contribution in [0.4, 0.5) is 5.82 Å². The van der Waals surface area contributed by atoms with Crippen LogP contribution in [-0.4, -0.2) is 50.5 Å². The second kappa shape index (κ2) is 8.23. The van der Waals surface area contributed by atoms with Crippen molar-refractivity contribution < 1.29 is 14.7 Å². The maximum Gasteiger partial charge on any atom is 0.254 e. The topological polar surface area (TPSA) is 140 Å². The number of nitrogen functional groups attached to an aromatic ring is 1. The molecule has 0 bridgehead atoms. The minimum Gasteiger partial charge on any atom is -0.508 e. The highest BCUT2D eigenvalue weighted by Gasteiger charge is 2.27. The van der Waals surface area contributed by atoms with Gasteiger partial charge in [-0.25, -0.2) is 9.97 Å². The largest absolute Gasteiger partial charge is 0.508 e. The van der Waals surface area contributed by atoms with E-state index in [0.717, 1.165) is 17.6 Å². The van der Waals surface area contributed by atoms with Gasteiger partial charge in [0.15, 0.2) is 5.65 Å². The summed E-state index contributed by atoms with van der Waals surface area (Å²) >= 11 is 0. The van der Waals surface area contributed by atoms with Crippen molar-refractivity contribution in [3.8, 4) is 11.4 Å². The number of phenolic OH excluding ortho intramolecular Hbond substituents is 1. The van der Waals surface area contributed by atoms with E-state index in [2.05, 4.69) is 4.98 Å². The predicted octanol–water partition coefficient (Wildman–Crippen LogP) is 2.70. The molecule has 1 aliphatic rings. The minimum atomic E-state index is -0.701. The second-order valence-corrected chi connectivity index (χ2v) is 8.70. The highest BCUT2D eigenvalue weighted by atomic mass is 16.3. The van der Waals surface area contributed by atoms with E-state index in [1.807, 2.05) is 13.0 Å². The third-order valence-electron chi connectivity index (χ3n) is 6.30. The van der Waals surface area contributed by atoms with Crippen molar-refractivity contribution in [2.45, 2.75) is 33.1 Å². The zero-order valence-corrected chi connectivity index (χ0v) is 19.2. The first-order chi connectivity index (χ1) is 15.6. The van der Waals surface area contributed by atoms with Crippen LogP contribution in [0.5, 0.6) is 5.75 Å². The Morgan fingerprint density at radius 1 is 1.24 bits per heavy atom. The van der Waals surface area contributed by atoms with Gasteiger partial charge in [-0.3, -0.25) is 14.2 Å². The summed E-state index contributed by atoms with van der Waals surface area (Å²) in [5.74, 6) is -0.399. The van der Waals surface area contributed by atoms with Crippen LogP contribution in [0.1, 0.15) is 46.4 Å². The molecule has 0 fully saturated rings. The van der Waals surface area contributed by atoms with Crippen molar-refractivity contribution >= 4 is 34.4 Å². The Morgan fingerprint density at radius 3 is 2.58 bits per heavy atom. The Hall–Kier alpha value is -3.88. The maximum absolute atomic E-state index is 12.3. The quantitative estimate of drug-likeness (QED) is 0.560. The number of aryl methyl sites for hydroxylation is 1. The zero-order valence-electron chi connectivity index (χ0n) is 19.2. The standard InChI is InChI=1S/C24H28N6O3/c1-12-5-10-17(31)13(2)20(12)30-21(25)18(22(26)32)19-23(30)27-11-16(28-19)14-6-8-15(9-7-14)24(33)29(3)4/h5-6,10-11,15,31H,7-9,25H2,1-4H3,(H2,26,32). The average Bonchev–Trinajstić information content (AvgIpc) is 3.07. The number of hydrogen-bond acceptors (Lipinski definition) is 6. The molecule has 0 radical (unpaired) electrons. The maximum atomic E-state index is 12.3. The van der Waals surface area contributed by atoms with Gasteiger partial charge in [0.2, 0.25) is 5.91 Å². The molecular weight excluding hydrogens is 420 g/mol. The van der Waals surface area contributed by atoms with Crippen LogP contribution in [0, 0.1) is 19.8 Å². The molecule has 0 saturated carbocycles.